The molecule has 5 nitrogen and oxygen atoms in total. The molecule has 0 aliphatic carbocycles. The first-order valence-corrected chi connectivity index (χ1v) is 7.00. The van der Waals surface area contributed by atoms with E-state index < -0.39 is 0 Å². The molecule has 0 aromatic carbocycles. The van der Waals surface area contributed by atoms with Crippen molar-refractivity contribution in [2.45, 2.75) is 25.8 Å². The highest BCUT2D eigenvalue weighted by molar-refractivity contribution is 7.21. The molecule has 0 spiro atoms. The smallest absolute Gasteiger partial charge is 0.263 e. The number of aromatic nitrogens is 1. The fraction of sp³-hybridized carbons (Fsp3) is 0.385. The monoisotopic (exact) mass is 279 g/mol. The van der Waals surface area contributed by atoms with Crippen LogP contribution in [0.2, 0.25) is 0 Å². The van der Waals surface area contributed by atoms with Gasteiger partial charge in [0.1, 0.15) is 10.4 Å². The zero-order chi connectivity index (χ0) is 13.8. The minimum atomic E-state index is -0.175. The summed E-state index contributed by atoms with van der Waals surface area (Å²) < 4.78 is 0.910. The van der Waals surface area contributed by atoms with Gasteiger partial charge in [-0.15, -0.1) is 11.3 Å². The number of anilines is 1. The Labute approximate surface area is 115 Å². The zero-order valence-corrected chi connectivity index (χ0v) is 11.5. The summed E-state index contributed by atoms with van der Waals surface area (Å²) in [6.45, 7) is 2.05. The van der Waals surface area contributed by atoms with Crippen LogP contribution in [0.1, 0.15) is 29.4 Å². The van der Waals surface area contributed by atoms with E-state index in [0.717, 1.165) is 11.1 Å². The number of carbonyl (C=O) groups is 1. The molecular formula is C13H17N3O2S. The lowest BCUT2D eigenvalue weighted by Crippen LogP contribution is -2.32. The summed E-state index contributed by atoms with van der Waals surface area (Å²) in [6, 6.07) is 3.73. The van der Waals surface area contributed by atoms with E-state index in [0.29, 0.717) is 22.5 Å². The molecule has 2 aromatic heterocycles. The maximum atomic E-state index is 12.1. The lowest BCUT2D eigenvalue weighted by Gasteiger charge is -2.12. The van der Waals surface area contributed by atoms with E-state index in [1.54, 1.807) is 6.20 Å². The van der Waals surface area contributed by atoms with E-state index in [2.05, 4.69) is 10.3 Å². The van der Waals surface area contributed by atoms with Crippen LogP contribution in [0, 0.1) is 0 Å². The molecule has 2 heterocycles. The fourth-order valence-electron chi connectivity index (χ4n) is 1.88. The summed E-state index contributed by atoms with van der Waals surface area (Å²) in [5, 5.41) is 11.7. The van der Waals surface area contributed by atoms with Gasteiger partial charge in [0.15, 0.2) is 0 Å². The third-order valence-corrected chi connectivity index (χ3v) is 4.02. The topological polar surface area (TPSA) is 88.2 Å². The first-order valence-electron chi connectivity index (χ1n) is 6.18. The minimum absolute atomic E-state index is 0.0113. The predicted molar refractivity (Wildman–Crippen MR) is 77.3 cm³/mol. The van der Waals surface area contributed by atoms with Crippen LogP contribution in [0.5, 0.6) is 0 Å². The number of amides is 1. The van der Waals surface area contributed by atoms with Crippen LogP contribution in [-0.4, -0.2) is 28.6 Å². The van der Waals surface area contributed by atoms with E-state index in [4.69, 9.17) is 10.8 Å². The number of hydrogen-bond acceptors (Lipinski definition) is 5. The largest absolute Gasteiger partial charge is 0.396 e. The molecule has 1 unspecified atom stereocenters. The highest BCUT2D eigenvalue weighted by Crippen LogP contribution is 2.31. The molecule has 1 atom stereocenters. The third kappa shape index (κ3) is 3.02. The van der Waals surface area contributed by atoms with Gasteiger partial charge in [0.05, 0.1) is 10.4 Å². The Morgan fingerprint density at radius 3 is 3.11 bits per heavy atom. The van der Waals surface area contributed by atoms with E-state index in [9.17, 15) is 4.79 Å². The molecule has 4 N–H and O–H groups in total. The summed E-state index contributed by atoms with van der Waals surface area (Å²) in [5.41, 5.74) is 7.08. The van der Waals surface area contributed by atoms with Crippen molar-refractivity contribution in [1.82, 2.24) is 10.3 Å². The molecule has 0 saturated heterocycles. The minimum Gasteiger partial charge on any atom is -0.396 e. The second-order valence-corrected chi connectivity index (χ2v) is 5.49. The molecule has 6 heteroatoms. The summed E-state index contributed by atoms with van der Waals surface area (Å²) >= 11 is 1.35. The number of fused-ring (bicyclic) bond motifs is 1. The van der Waals surface area contributed by atoms with Gasteiger partial charge in [0.25, 0.3) is 5.91 Å². The quantitative estimate of drug-likeness (QED) is 0.778. The zero-order valence-electron chi connectivity index (χ0n) is 10.7. The number of aliphatic hydroxyl groups excluding tert-OH is 1. The van der Waals surface area contributed by atoms with E-state index in [1.807, 2.05) is 19.1 Å². The van der Waals surface area contributed by atoms with Gasteiger partial charge in [-0.05, 0) is 31.9 Å². The summed E-state index contributed by atoms with van der Waals surface area (Å²) in [5.74, 6) is -0.175. The molecule has 0 fully saturated rings. The van der Waals surface area contributed by atoms with Crippen molar-refractivity contribution < 1.29 is 9.90 Å². The Balaban J connectivity index is 2.15. The first-order chi connectivity index (χ1) is 9.13. The van der Waals surface area contributed by atoms with Gasteiger partial charge in [-0.2, -0.15) is 0 Å². The average Bonchev–Trinajstić information content (AvgIpc) is 2.74. The summed E-state index contributed by atoms with van der Waals surface area (Å²) in [7, 11) is 0. The molecule has 102 valence electrons. The number of hydrogen-bond donors (Lipinski definition) is 3. The second-order valence-electron chi connectivity index (χ2n) is 4.44. The van der Waals surface area contributed by atoms with Crippen molar-refractivity contribution in [2.75, 3.05) is 12.3 Å². The predicted octanol–water partition coefficient (Wildman–Crippen LogP) is 1.77. The number of rotatable bonds is 5. The van der Waals surface area contributed by atoms with Crippen molar-refractivity contribution in [2.24, 2.45) is 0 Å². The summed E-state index contributed by atoms with van der Waals surface area (Å²) in [6.07, 6.45) is 3.08. The molecule has 0 aliphatic rings. The lowest BCUT2D eigenvalue weighted by molar-refractivity contribution is 0.0941. The molecular weight excluding hydrogens is 262 g/mol. The normalized spacial score (nSPS) is 12.5. The van der Waals surface area contributed by atoms with Crippen molar-refractivity contribution >= 4 is 33.1 Å². The van der Waals surface area contributed by atoms with Crippen LogP contribution < -0.4 is 11.1 Å². The van der Waals surface area contributed by atoms with E-state index >= 15 is 0 Å². The van der Waals surface area contributed by atoms with Gasteiger partial charge < -0.3 is 16.2 Å². The number of nitrogen functional groups attached to an aromatic ring is 1. The highest BCUT2D eigenvalue weighted by atomic mass is 32.1. The SMILES string of the molecule is CC(CCCO)NC(=O)c1sc2cccnc2c1N. The number of nitrogens with zero attached hydrogens (tertiary/aromatic N) is 1. The molecule has 0 radical (unpaired) electrons. The van der Waals surface area contributed by atoms with Gasteiger partial charge in [0.2, 0.25) is 0 Å². The molecule has 2 rings (SSSR count). The van der Waals surface area contributed by atoms with Crippen LogP contribution in [-0.2, 0) is 0 Å². The molecule has 0 bridgehead atoms. The van der Waals surface area contributed by atoms with Crippen LogP contribution in [0.25, 0.3) is 10.2 Å². The van der Waals surface area contributed by atoms with Gasteiger partial charge in [-0.1, -0.05) is 0 Å². The van der Waals surface area contributed by atoms with Crippen LogP contribution in [0.3, 0.4) is 0 Å². The number of nitrogens with one attached hydrogen (secondary N) is 1. The Bertz CT molecular complexity index is 582. The second kappa shape index (κ2) is 5.99. The Morgan fingerprint density at radius 1 is 1.63 bits per heavy atom. The number of pyridine rings is 1. The van der Waals surface area contributed by atoms with Crippen molar-refractivity contribution in [1.29, 1.82) is 0 Å². The lowest BCUT2D eigenvalue weighted by atomic mass is 10.2. The van der Waals surface area contributed by atoms with Gasteiger partial charge >= 0.3 is 0 Å². The molecule has 19 heavy (non-hydrogen) atoms. The Hall–Kier alpha value is -1.66. The number of aliphatic hydroxyl groups is 1. The summed E-state index contributed by atoms with van der Waals surface area (Å²) in [4.78, 5) is 16.8. The van der Waals surface area contributed by atoms with E-state index in [-0.39, 0.29) is 18.6 Å². The van der Waals surface area contributed by atoms with Gasteiger partial charge in [-0.3, -0.25) is 9.78 Å². The van der Waals surface area contributed by atoms with E-state index in [1.165, 1.54) is 11.3 Å². The number of nitrogens with two attached hydrogens (primary N) is 1. The van der Waals surface area contributed by atoms with Crippen molar-refractivity contribution in [3.63, 3.8) is 0 Å². The molecule has 1 amide bonds. The molecule has 0 saturated carbocycles. The maximum Gasteiger partial charge on any atom is 0.263 e. The van der Waals surface area contributed by atoms with Gasteiger partial charge in [-0.25, -0.2) is 0 Å². The van der Waals surface area contributed by atoms with Crippen molar-refractivity contribution in [3.05, 3.63) is 23.2 Å². The fourth-order valence-corrected chi connectivity index (χ4v) is 2.86. The maximum absolute atomic E-state index is 12.1. The van der Waals surface area contributed by atoms with Crippen LogP contribution in [0.4, 0.5) is 5.69 Å². The number of carbonyl (C=O) groups excluding carboxylic acids is 1. The standard InChI is InChI=1S/C13H17N3O2S/c1-8(4-3-7-17)16-13(18)12-10(14)11-9(19-12)5-2-6-15-11/h2,5-6,8,17H,3-4,7,14H2,1H3,(H,16,18). The average molecular weight is 279 g/mol. The molecule has 0 aliphatic heterocycles. The number of thiophene rings is 1. The molecule has 2 aromatic rings. The Kier molecular flexibility index (Phi) is 4.34. The highest BCUT2D eigenvalue weighted by Gasteiger charge is 2.18. The van der Waals surface area contributed by atoms with Crippen LogP contribution >= 0.6 is 11.3 Å². The Morgan fingerprint density at radius 2 is 2.42 bits per heavy atom. The van der Waals surface area contributed by atoms with Crippen LogP contribution in [0.15, 0.2) is 18.3 Å². The first kappa shape index (κ1) is 13.8. The third-order valence-electron chi connectivity index (χ3n) is 2.86. The van der Waals surface area contributed by atoms with Crippen molar-refractivity contribution in [3.8, 4) is 0 Å². The van der Waals surface area contributed by atoms with Gasteiger partial charge in [0, 0.05) is 18.8 Å².